The number of rotatable bonds is 2. The van der Waals surface area contributed by atoms with Crippen LogP contribution in [0.15, 0.2) is 175 Å². The van der Waals surface area contributed by atoms with Crippen LogP contribution in [0, 0.1) is 0 Å². The zero-order valence-corrected chi connectivity index (χ0v) is 25.0. The molecule has 2 heterocycles. The lowest BCUT2D eigenvalue weighted by atomic mass is 9.66. The average Bonchev–Trinajstić information content (AvgIpc) is 3.84. The maximum absolute atomic E-state index is 10.2. The van der Waals surface area contributed by atoms with Crippen molar-refractivity contribution in [3.8, 4) is 39.4 Å². The Morgan fingerprint density at radius 1 is 0.490 bits per heavy atom. The van der Waals surface area contributed by atoms with Crippen LogP contribution >= 0.6 is 0 Å². The molecule has 0 radical (unpaired) electrons. The van der Waals surface area contributed by atoms with Gasteiger partial charge in [0.1, 0.15) is 11.5 Å². The molecule has 1 spiro atoms. The van der Waals surface area contributed by atoms with Crippen molar-refractivity contribution in [1.82, 2.24) is 4.57 Å². The van der Waals surface area contributed by atoms with Gasteiger partial charge >= 0.3 is 0 Å². The van der Waals surface area contributed by atoms with Gasteiger partial charge in [0.2, 0.25) is 0 Å². The van der Waals surface area contributed by atoms with Crippen molar-refractivity contribution >= 4 is 32.6 Å². The summed E-state index contributed by atoms with van der Waals surface area (Å²) in [5, 5.41) is -1.92. The van der Waals surface area contributed by atoms with E-state index in [2.05, 4.69) is 0 Å². The highest BCUT2D eigenvalue weighted by Crippen LogP contribution is 2.62. The minimum absolute atomic E-state index is 0.117. The summed E-state index contributed by atoms with van der Waals surface area (Å²) in [6, 6.07) is -2.18. The molecule has 2 nitrogen and oxygen atoms in total. The molecule has 2 aliphatic rings. The Balaban J connectivity index is 1.38. The van der Waals surface area contributed by atoms with Gasteiger partial charge in [0, 0.05) is 33.0 Å². The third-order valence-electron chi connectivity index (χ3n) is 9.26. The molecule has 8 aromatic carbocycles. The van der Waals surface area contributed by atoms with Crippen LogP contribution in [0.1, 0.15) is 51.0 Å². The van der Waals surface area contributed by atoms with Gasteiger partial charge in [0.05, 0.1) is 45.2 Å². The summed E-state index contributed by atoms with van der Waals surface area (Å²) in [6.07, 6.45) is 0. The van der Waals surface area contributed by atoms with Gasteiger partial charge in [0.15, 0.2) is 0 Å². The number of para-hydroxylation sites is 2. The summed E-state index contributed by atoms with van der Waals surface area (Å²) >= 11 is 0. The summed E-state index contributed by atoms with van der Waals surface area (Å²) in [6.45, 7) is 0. The fourth-order valence-corrected chi connectivity index (χ4v) is 7.36. The van der Waals surface area contributed by atoms with E-state index in [0.29, 0.717) is 22.3 Å². The van der Waals surface area contributed by atoms with E-state index in [1.165, 1.54) is 0 Å². The lowest BCUT2D eigenvalue weighted by Crippen LogP contribution is -2.32. The first-order valence-electron chi connectivity index (χ1n) is 25.7. The summed E-state index contributed by atoms with van der Waals surface area (Å²) in [5.41, 5.74) is -3.08. The van der Waals surface area contributed by atoms with Gasteiger partial charge in [-0.15, -0.1) is 0 Å². The number of fused-ring (bicyclic) bond motifs is 14. The Labute approximate surface area is 313 Å². The van der Waals surface area contributed by atoms with Crippen molar-refractivity contribution in [2.24, 2.45) is 0 Å². The van der Waals surface area contributed by atoms with E-state index in [1.807, 2.05) is 0 Å². The molecule has 0 saturated carbocycles. The zero-order chi connectivity index (χ0) is 50.4. The van der Waals surface area contributed by atoms with E-state index in [-0.39, 0.29) is 16.9 Å². The van der Waals surface area contributed by atoms with Gasteiger partial charge in [-0.25, -0.2) is 0 Å². The van der Waals surface area contributed by atoms with E-state index in [9.17, 15) is 11.0 Å². The topological polar surface area (TPSA) is 14.2 Å². The van der Waals surface area contributed by atoms with Gasteiger partial charge < -0.3 is 9.30 Å². The Morgan fingerprint density at radius 2 is 1.16 bits per heavy atom. The lowest BCUT2D eigenvalue weighted by Gasteiger charge is -2.39. The summed E-state index contributed by atoms with van der Waals surface area (Å²) in [7, 11) is 0. The van der Waals surface area contributed by atoms with Crippen molar-refractivity contribution in [3.63, 3.8) is 0 Å². The lowest BCUT2D eigenvalue weighted by molar-refractivity contribution is 0.436. The smallest absolute Gasteiger partial charge is 0.132 e. The maximum atomic E-state index is 10.2. The van der Waals surface area contributed by atoms with E-state index in [1.54, 1.807) is 48.5 Å². The van der Waals surface area contributed by atoms with Crippen LogP contribution < -0.4 is 4.74 Å². The molecule has 0 amide bonds. The number of hydrogen-bond acceptors (Lipinski definition) is 1. The van der Waals surface area contributed by atoms with Crippen molar-refractivity contribution < 1.29 is 33.5 Å². The Morgan fingerprint density at radius 3 is 2.00 bits per heavy atom. The van der Waals surface area contributed by atoms with Crippen molar-refractivity contribution in [2.75, 3.05) is 0 Å². The summed E-state index contributed by atoms with van der Waals surface area (Å²) < 4.78 is 199. The molecular weight excluding hydrogens is 595 g/mol. The van der Waals surface area contributed by atoms with Crippen molar-refractivity contribution in [3.05, 3.63) is 198 Å². The fourth-order valence-electron chi connectivity index (χ4n) is 7.36. The van der Waals surface area contributed by atoms with Crippen LogP contribution in [0.3, 0.4) is 0 Å². The molecule has 228 valence electrons. The average molecular weight is 645 g/mol. The minimum atomic E-state index is -1.88. The highest BCUT2D eigenvalue weighted by Gasteiger charge is 2.51. The van der Waals surface area contributed by atoms with Crippen LogP contribution in [0.4, 0.5) is 0 Å². The molecule has 49 heavy (non-hydrogen) atoms. The number of aromatic nitrogens is 1. The maximum Gasteiger partial charge on any atom is 0.132 e. The number of hydrogen-bond donors (Lipinski definition) is 0. The normalized spacial score (nSPS) is 19.6. The van der Waals surface area contributed by atoms with Gasteiger partial charge in [-0.05, 0) is 81.1 Å². The summed E-state index contributed by atoms with van der Waals surface area (Å²) in [4.78, 5) is 0. The van der Waals surface area contributed by atoms with Gasteiger partial charge in [-0.3, -0.25) is 0 Å². The van der Waals surface area contributed by atoms with Gasteiger partial charge in [-0.2, -0.15) is 0 Å². The van der Waals surface area contributed by atoms with E-state index >= 15 is 0 Å². The molecule has 0 unspecified atom stereocenters. The monoisotopic (exact) mass is 644 g/mol. The van der Waals surface area contributed by atoms with E-state index < -0.39 is 187 Å². The van der Waals surface area contributed by atoms with E-state index in [4.69, 9.17) is 22.6 Å². The third kappa shape index (κ3) is 3.50. The standard InChI is InChI=1S/C47H29NO/c1-2-13-33(14-3-1)48-43-26-23-31(28-38(43)37-25-22-30-12-4-5-15-34(30)46(37)48)32-24-27-45-42(29-32)47(41-20-10-11-21-44(41)49-45)39-18-8-6-16-35(39)36-17-7-9-19-40(36)47/h1-29H/i1D,2D,3D,4D,5D,10D,11D,12D,13D,14D,15D,20D,21D,22D,23D,24D,25D,26D,27D,28D,29D. The third-order valence-corrected chi connectivity index (χ3v) is 9.26. The SMILES string of the molecule is [2H]c1c([2H])c([2H])c(-n2c3c([2H])c([2H])c(-c4c([2H])c([2H])c5c(c4[2H])C4(c6ccccc6-c6ccccc64)c4c([2H])c([2H])c([2H])c([2H])c4O5)c([2H])c3c3c([2H])c([2H])c4c([2H])c([2H])c([2H])c([2H])c4c32)c([2H])c1[2H]. The van der Waals surface area contributed by atoms with Crippen LogP contribution in [-0.2, 0) is 5.41 Å². The van der Waals surface area contributed by atoms with Gasteiger partial charge in [0.25, 0.3) is 0 Å². The molecule has 0 N–H and O–H groups in total. The molecule has 0 bridgehead atoms. The quantitative estimate of drug-likeness (QED) is 0.183. The predicted molar refractivity (Wildman–Crippen MR) is 201 cm³/mol. The first-order chi connectivity index (χ1) is 33.1. The molecule has 11 rings (SSSR count). The van der Waals surface area contributed by atoms with Crippen LogP contribution in [0.25, 0.3) is 60.5 Å². The second-order valence-corrected chi connectivity index (χ2v) is 11.6. The summed E-state index contributed by atoms with van der Waals surface area (Å²) in [5.74, 6) is -0.791. The first kappa shape index (κ1) is 13.6. The molecule has 0 saturated heterocycles. The Bertz CT molecular complexity index is 3940. The van der Waals surface area contributed by atoms with Crippen LogP contribution in [0.5, 0.6) is 11.5 Å². The van der Waals surface area contributed by atoms with Crippen molar-refractivity contribution in [2.45, 2.75) is 5.41 Å². The second kappa shape index (κ2) is 9.82. The van der Waals surface area contributed by atoms with E-state index in [0.717, 1.165) is 4.57 Å². The molecular formula is C47H29NO. The number of nitrogens with zero attached hydrogens (tertiary/aromatic N) is 1. The zero-order valence-electron chi connectivity index (χ0n) is 46.0. The Kier molecular flexibility index (Phi) is 2.73. The molecule has 2 heteroatoms. The number of benzene rings is 8. The highest BCUT2D eigenvalue weighted by atomic mass is 16.5. The highest BCUT2D eigenvalue weighted by molar-refractivity contribution is 6.19. The van der Waals surface area contributed by atoms with Gasteiger partial charge in [-0.1, -0.05) is 133 Å². The van der Waals surface area contributed by atoms with Crippen LogP contribution in [0.2, 0.25) is 0 Å². The fraction of sp³-hybridized carbons (Fsp3) is 0.0213. The number of ether oxygens (including phenoxy) is 1. The predicted octanol–water partition coefficient (Wildman–Crippen LogP) is 12.1. The molecule has 0 fully saturated rings. The largest absolute Gasteiger partial charge is 0.457 e. The second-order valence-electron chi connectivity index (χ2n) is 11.6. The first-order valence-corrected chi connectivity index (χ1v) is 15.2. The van der Waals surface area contributed by atoms with Crippen LogP contribution in [-0.4, -0.2) is 4.57 Å². The molecule has 1 aliphatic heterocycles. The molecule has 1 aromatic heterocycles. The van der Waals surface area contributed by atoms with Crippen molar-refractivity contribution in [1.29, 1.82) is 0 Å². The Hall–Kier alpha value is -6.38. The molecule has 0 atom stereocenters. The molecule has 9 aromatic rings. The molecule has 1 aliphatic carbocycles. The minimum Gasteiger partial charge on any atom is -0.457 e.